The Balaban J connectivity index is 2.35. The molecule has 3 nitrogen and oxygen atoms in total. The third-order valence-corrected chi connectivity index (χ3v) is 3.86. The number of thioether (sulfide) groups is 1. The number of carbonyl (C=O) groups is 1. The van der Waals surface area contributed by atoms with E-state index >= 15 is 0 Å². The first kappa shape index (κ1) is 14.3. The maximum atomic E-state index is 12.5. The van der Waals surface area contributed by atoms with E-state index in [0.29, 0.717) is 11.3 Å². The molecule has 0 bridgehead atoms. The number of benzene rings is 1. The van der Waals surface area contributed by atoms with Crippen molar-refractivity contribution in [3.05, 3.63) is 59.4 Å². The molecule has 0 saturated heterocycles. The largest absolute Gasteiger partial charge is 0.292 e. The van der Waals surface area contributed by atoms with Gasteiger partial charge in [0, 0.05) is 22.3 Å². The average Bonchev–Trinajstić information content (AvgIpc) is 2.49. The van der Waals surface area contributed by atoms with E-state index < -0.39 is 5.92 Å². The van der Waals surface area contributed by atoms with E-state index in [2.05, 4.69) is 11.1 Å². The molecule has 0 spiro atoms. The minimum atomic E-state index is -0.784. The number of nitriles is 1. The molecule has 1 aromatic heterocycles. The summed E-state index contributed by atoms with van der Waals surface area (Å²) >= 11 is 1.63. The van der Waals surface area contributed by atoms with Crippen LogP contribution in [0.4, 0.5) is 0 Å². The lowest BCUT2D eigenvalue weighted by molar-refractivity contribution is 0.0978. The Kier molecular flexibility index (Phi) is 4.54. The number of carbonyl (C=O) groups excluding carboxylic acids is 1. The molecule has 0 radical (unpaired) electrons. The maximum Gasteiger partial charge on any atom is 0.186 e. The molecule has 1 heterocycles. The van der Waals surface area contributed by atoms with Crippen LogP contribution in [-0.2, 0) is 0 Å². The quantitative estimate of drug-likeness (QED) is 0.635. The molecule has 0 fully saturated rings. The van der Waals surface area contributed by atoms with E-state index in [1.807, 2.05) is 30.5 Å². The van der Waals surface area contributed by atoms with Gasteiger partial charge in [-0.05, 0) is 43.0 Å². The van der Waals surface area contributed by atoms with Gasteiger partial charge in [-0.15, -0.1) is 11.8 Å². The summed E-state index contributed by atoms with van der Waals surface area (Å²) in [5.41, 5.74) is 1.88. The molecule has 0 amide bonds. The number of aromatic nitrogens is 1. The monoisotopic (exact) mass is 282 g/mol. The van der Waals surface area contributed by atoms with Gasteiger partial charge in [-0.25, -0.2) is 0 Å². The van der Waals surface area contributed by atoms with Crippen molar-refractivity contribution >= 4 is 17.5 Å². The molecule has 0 N–H and O–H groups in total. The number of aryl methyl sites for hydroxylation is 1. The highest BCUT2D eigenvalue weighted by molar-refractivity contribution is 7.98. The molecule has 100 valence electrons. The molecule has 4 heteroatoms. The predicted octanol–water partition coefficient (Wildman–Crippen LogP) is 3.60. The van der Waals surface area contributed by atoms with Crippen LogP contribution in [0.25, 0.3) is 0 Å². The van der Waals surface area contributed by atoms with Crippen molar-refractivity contribution in [1.29, 1.82) is 5.26 Å². The molecule has 0 aliphatic heterocycles. The average molecular weight is 282 g/mol. The van der Waals surface area contributed by atoms with E-state index in [1.54, 1.807) is 37.0 Å². The minimum absolute atomic E-state index is 0.199. The molecule has 1 aromatic carbocycles. The Labute approximate surface area is 122 Å². The van der Waals surface area contributed by atoms with Crippen molar-refractivity contribution in [3.63, 3.8) is 0 Å². The van der Waals surface area contributed by atoms with E-state index in [9.17, 15) is 10.1 Å². The van der Waals surface area contributed by atoms with Crippen molar-refractivity contribution in [3.8, 4) is 6.07 Å². The lowest BCUT2D eigenvalue weighted by Crippen LogP contribution is -2.13. The van der Waals surface area contributed by atoms with Gasteiger partial charge in [0.25, 0.3) is 0 Å². The molecule has 0 aliphatic carbocycles. The van der Waals surface area contributed by atoms with Crippen molar-refractivity contribution in [2.75, 3.05) is 6.26 Å². The van der Waals surface area contributed by atoms with Gasteiger partial charge < -0.3 is 0 Å². The molecular weight excluding hydrogens is 268 g/mol. The summed E-state index contributed by atoms with van der Waals surface area (Å²) in [5.74, 6) is -0.983. The van der Waals surface area contributed by atoms with Gasteiger partial charge in [0.05, 0.1) is 6.07 Å². The van der Waals surface area contributed by atoms with Gasteiger partial charge in [-0.1, -0.05) is 12.1 Å². The Morgan fingerprint density at radius 2 is 2.00 bits per heavy atom. The number of Topliss-reactive ketones (excluding diaryl/α,β-unsaturated/α-hetero) is 1. The second-order valence-electron chi connectivity index (χ2n) is 4.34. The normalized spacial score (nSPS) is 11.7. The highest BCUT2D eigenvalue weighted by atomic mass is 32.2. The molecule has 2 aromatic rings. The van der Waals surface area contributed by atoms with Crippen LogP contribution in [0.5, 0.6) is 0 Å². The zero-order valence-corrected chi connectivity index (χ0v) is 12.1. The third-order valence-electron chi connectivity index (χ3n) is 3.11. The first-order chi connectivity index (χ1) is 9.67. The van der Waals surface area contributed by atoms with Gasteiger partial charge in [0.1, 0.15) is 5.92 Å². The molecule has 20 heavy (non-hydrogen) atoms. The molecule has 1 unspecified atom stereocenters. The van der Waals surface area contributed by atoms with Gasteiger partial charge in [0.2, 0.25) is 0 Å². The smallest absolute Gasteiger partial charge is 0.186 e. The zero-order valence-electron chi connectivity index (χ0n) is 11.3. The van der Waals surface area contributed by atoms with Crippen molar-refractivity contribution in [1.82, 2.24) is 4.98 Å². The summed E-state index contributed by atoms with van der Waals surface area (Å²) in [6, 6.07) is 13.0. The lowest BCUT2D eigenvalue weighted by atomic mass is 9.91. The minimum Gasteiger partial charge on any atom is -0.292 e. The van der Waals surface area contributed by atoms with Gasteiger partial charge in [-0.2, -0.15) is 5.26 Å². The molecule has 0 aliphatic rings. The SMILES string of the molecule is CSc1ccc(C(C#N)C(=O)c2cccnc2C)cc1. The number of rotatable bonds is 4. The van der Waals surface area contributed by atoms with Crippen LogP contribution in [-0.4, -0.2) is 17.0 Å². The van der Waals surface area contributed by atoms with E-state index in [1.165, 1.54) is 0 Å². The first-order valence-corrected chi connectivity index (χ1v) is 7.39. The van der Waals surface area contributed by atoms with Crippen molar-refractivity contribution in [2.45, 2.75) is 17.7 Å². The maximum absolute atomic E-state index is 12.5. The van der Waals surface area contributed by atoms with Crippen LogP contribution in [0.15, 0.2) is 47.5 Å². The van der Waals surface area contributed by atoms with E-state index in [-0.39, 0.29) is 5.78 Å². The number of nitrogens with zero attached hydrogens (tertiary/aromatic N) is 2. The Bertz CT molecular complexity index is 659. The fraction of sp³-hybridized carbons (Fsp3) is 0.188. The van der Waals surface area contributed by atoms with Gasteiger partial charge in [0.15, 0.2) is 5.78 Å². The fourth-order valence-corrected chi connectivity index (χ4v) is 2.39. The van der Waals surface area contributed by atoms with Crippen LogP contribution >= 0.6 is 11.8 Å². The Morgan fingerprint density at radius 3 is 2.55 bits per heavy atom. The predicted molar refractivity (Wildman–Crippen MR) is 79.9 cm³/mol. The van der Waals surface area contributed by atoms with Crippen LogP contribution in [0.2, 0.25) is 0 Å². The first-order valence-electron chi connectivity index (χ1n) is 6.16. The Morgan fingerprint density at radius 1 is 1.30 bits per heavy atom. The zero-order chi connectivity index (χ0) is 14.5. The molecule has 0 saturated carbocycles. The molecular formula is C16H14N2OS. The lowest BCUT2D eigenvalue weighted by Gasteiger charge is -2.10. The summed E-state index contributed by atoms with van der Waals surface area (Å²) in [6.07, 6.45) is 3.63. The molecule has 2 rings (SSSR count). The number of pyridine rings is 1. The van der Waals surface area contributed by atoms with E-state index in [4.69, 9.17) is 0 Å². The standard InChI is InChI=1S/C16H14N2OS/c1-11-14(4-3-9-18-11)16(19)15(10-17)12-5-7-13(20-2)8-6-12/h3-9,15H,1-2H3. The Hall–Kier alpha value is -2.12. The number of hydrogen-bond donors (Lipinski definition) is 0. The van der Waals surface area contributed by atoms with Crippen LogP contribution < -0.4 is 0 Å². The van der Waals surface area contributed by atoms with Crippen molar-refractivity contribution in [2.24, 2.45) is 0 Å². The van der Waals surface area contributed by atoms with E-state index in [0.717, 1.165) is 10.5 Å². The summed E-state index contributed by atoms with van der Waals surface area (Å²) in [6.45, 7) is 1.78. The highest BCUT2D eigenvalue weighted by Crippen LogP contribution is 2.24. The fourth-order valence-electron chi connectivity index (χ4n) is 1.98. The van der Waals surface area contributed by atoms with Crippen LogP contribution in [0.3, 0.4) is 0 Å². The van der Waals surface area contributed by atoms with Crippen molar-refractivity contribution < 1.29 is 4.79 Å². The second-order valence-corrected chi connectivity index (χ2v) is 5.22. The summed E-state index contributed by atoms with van der Waals surface area (Å²) in [7, 11) is 0. The topological polar surface area (TPSA) is 53.8 Å². The summed E-state index contributed by atoms with van der Waals surface area (Å²) < 4.78 is 0. The number of ketones is 1. The van der Waals surface area contributed by atoms with Crippen LogP contribution in [0.1, 0.15) is 27.5 Å². The summed E-state index contributed by atoms with van der Waals surface area (Å²) in [5, 5.41) is 9.33. The summed E-state index contributed by atoms with van der Waals surface area (Å²) in [4.78, 5) is 17.7. The second kappa shape index (κ2) is 6.36. The highest BCUT2D eigenvalue weighted by Gasteiger charge is 2.23. The van der Waals surface area contributed by atoms with Gasteiger partial charge in [-0.3, -0.25) is 9.78 Å². The third kappa shape index (κ3) is 2.89. The van der Waals surface area contributed by atoms with Crippen LogP contribution in [0, 0.1) is 18.3 Å². The van der Waals surface area contributed by atoms with Gasteiger partial charge >= 0.3 is 0 Å². The molecule has 1 atom stereocenters. The number of hydrogen-bond acceptors (Lipinski definition) is 4.